The molecule has 106 valence electrons. The van der Waals surface area contributed by atoms with Gasteiger partial charge in [-0.1, -0.05) is 13.8 Å². The summed E-state index contributed by atoms with van der Waals surface area (Å²) in [6.45, 7) is 11.0. The topological polar surface area (TPSA) is 55.6 Å². The largest absolute Gasteiger partial charge is 0.377 e. The van der Waals surface area contributed by atoms with E-state index in [9.17, 15) is 4.79 Å². The third kappa shape index (κ3) is 4.25. The standard InChI is InChI=1S/C14H28N2O2/c1-11(2)7-12(9-15)8-13(17)16-5-6-18-10-14(16,3)4/h11-12H,5-10,15H2,1-4H3. The number of nitrogens with zero attached hydrogens (tertiary/aromatic N) is 1. The van der Waals surface area contributed by atoms with Gasteiger partial charge in [0.1, 0.15) is 0 Å². The normalized spacial score (nSPS) is 21.1. The van der Waals surface area contributed by atoms with Gasteiger partial charge in [-0.05, 0) is 38.6 Å². The molecule has 1 saturated heterocycles. The Labute approximate surface area is 111 Å². The average molecular weight is 256 g/mol. The molecule has 1 heterocycles. The number of amides is 1. The van der Waals surface area contributed by atoms with Crippen LogP contribution < -0.4 is 5.73 Å². The Morgan fingerprint density at radius 2 is 2.11 bits per heavy atom. The first kappa shape index (κ1) is 15.4. The molecule has 1 unspecified atom stereocenters. The van der Waals surface area contributed by atoms with E-state index in [1.54, 1.807) is 0 Å². The van der Waals surface area contributed by atoms with Crippen molar-refractivity contribution in [3.63, 3.8) is 0 Å². The van der Waals surface area contributed by atoms with Crippen LogP contribution in [-0.4, -0.2) is 42.6 Å². The van der Waals surface area contributed by atoms with Crippen molar-refractivity contribution < 1.29 is 9.53 Å². The summed E-state index contributed by atoms with van der Waals surface area (Å²) in [6.07, 6.45) is 1.59. The van der Waals surface area contributed by atoms with Crippen LogP contribution in [0.3, 0.4) is 0 Å². The maximum Gasteiger partial charge on any atom is 0.223 e. The van der Waals surface area contributed by atoms with Gasteiger partial charge in [0, 0.05) is 13.0 Å². The highest BCUT2D eigenvalue weighted by molar-refractivity contribution is 5.77. The number of carbonyl (C=O) groups is 1. The fourth-order valence-electron chi connectivity index (χ4n) is 2.61. The van der Waals surface area contributed by atoms with Gasteiger partial charge in [-0.25, -0.2) is 0 Å². The Morgan fingerprint density at radius 1 is 1.44 bits per heavy atom. The zero-order chi connectivity index (χ0) is 13.8. The van der Waals surface area contributed by atoms with Crippen molar-refractivity contribution in [1.82, 2.24) is 4.90 Å². The lowest BCUT2D eigenvalue weighted by molar-refractivity contribution is -0.147. The third-order valence-corrected chi connectivity index (χ3v) is 3.55. The van der Waals surface area contributed by atoms with Crippen LogP contribution in [0, 0.1) is 11.8 Å². The summed E-state index contributed by atoms with van der Waals surface area (Å²) >= 11 is 0. The number of morpholine rings is 1. The van der Waals surface area contributed by atoms with Crippen molar-refractivity contribution >= 4 is 5.91 Å². The molecule has 1 amide bonds. The van der Waals surface area contributed by atoms with Crippen molar-refractivity contribution in [2.75, 3.05) is 26.3 Å². The van der Waals surface area contributed by atoms with Gasteiger partial charge in [0.15, 0.2) is 0 Å². The molecular formula is C14H28N2O2. The number of hydrogen-bond donors (Lipinski definition) is 1. The molecule has 1 atom stereocenters. The lowest BCUT2D eigenvalue weighted by Crippen LogP contribution is -2.55. The Hall–Kier alpha value is -0.610. The van der Waals surface area contributed by atoms with Crippen molar-refractivity contribution in [3.05, 3.63) is 0 Å². The van der Waals surface area contributed by atoms with Crippen LogP contribution in [-0.2, 0) is 9.53 Å². The van der Waals surface area contributed by atoms with Gasteiger partial charge >= 0.3 is 0 Å². The first-order valence-electron chi connectivity index (χ1n) is 6.95. The molecular weight excluding hydrogens is 228 g/mol. The highest BCUT2D eigenvalue weighted by Gasteiger charge is 2.34. The van der Waals surface area contributed by atoms with E-state index in [0.717, 1.165) is 6.42 Å². The predicted octanol–water partition coefficient (Wildman–Crippen LogP) is 1.63. The van der Waals surface area contributed by atoms with E-state index in [2.05, 4.69) is 27.7 Å². The van der Waals surface area contributed by atoms with Crippen LogP contribution in [0.5, 0.6) is 0 Å². The maximum atomic E-state index is 12.4. The minimum atomic E-state index is -0.188. The molecule has 0 aliphatic carbocycles. The second-order valence-corrected chi connectivity index (χ2v) is 6.35. The molecule has 0 spiro atoms. The van der Waals surface area contributed by atoms with Crippen molar-refractivity contribution in [1.29, 1.82) is 0 Å². The maximum absolute atomic E-state index is 12.4. The zero-order valence-corrected chi connectivity index (χ0v) is 12.2. The monoisotopic (exact) mass is 256 g/mol. The smallest absolute Gasteiger partial charge is 0.223 e. The summed E-state index contributed by atoms with van der Waals surface area (Å²) in [5.74, 6) is 1.11. The third-order valence-electron chi connectivity index (χ3n) is 3.55. The summed E-state index contributed by atoms with van der Waals surface area (Å²) in [5, 5.41) is 0. The quantitative estimate of drug-likeness (QED) is 0.813. The van der Waals surface area contributed by atoms with Gasteiger partial charge in [0.25, 0.3) is 0 Å². The van der Waals surface area contributed by atoms with Crippen LogP contribution in [0.15, 0.2) is 0 Å². The lowest BCUT2D eigenvalue weighted by atomic mass is 9.92. The predicted molar refractivity (Wildman–Crippen MR) is 73.2 cm³/mol. The summed E-state index contributed by atoms with van der Waals surface area (Å²) in [5.41, 5.74) is 5.58. The van der Waals surface area contributed by atoms with E-state index >= 15 is 0 Å². The number of nitrogens with two attached hydrogens (primary N) is 1. The SMILES string of the molecule is CC(C)CC(CN)CC(=O)N1CCOCC1(C)C. The van der Waals surface area contributed by atoms with E-state index in [1.807, 2.05) is 4.90 Å². The number of hydrogen-bond acceptors (Lipinski definition) is 3. The van der Waals surface area contributed by atoms with Gasteiger partial charge in [0.2, 0.25) is 5.91 Å². The Bertz CT molecular complexity index is 277. The van der Waals surface area contributed by atoms with Crippen LogP contribution in [0.1, 0.15) is 40.5 Å². The highest BCUT2D eigenvalue weighted by Crippen LogP contribution is 2.23. The molecule has 0 radical (unpaired) electrons. The van der Waals surface area contributed by atoms with Gasteiger partial charge in [0.05, 0.1) is 18.8 Å². The fraction of sp³-hybridized carbons (Fsp3) is 0.929. The summed E-state index contributed by atoms with van der Waals surface area (Å²) in [7, 11) is 0. The molecule has 0 saturated carbocycles. The number of ether oxygens (including phenoxy) is 1. The van der Waals surface area contributed by atoms with E-state index in [0.29, 0.717) is 44.6 Å². The molecule has 1 rings (SSSR count). The van der Waals surface area contributed by atoms with Crippen LogP contribution >= 0.6 is 0 Å². The van der Waals surface area contributed by atoms with E-state index in [1.165, 1.54) is 0 Å². The number of carbonyl (C=O) groups excluding carboxylic acids is 1. The van der Waals surface area contributed by atoms with Gasteiger partial charge < -0.3 is 15.4 Å². The second kappa shape index (κ2) is 6.53. The number of rotatable bonds is 5. The van der Waals surface area contributed by atoms with Gasteiger partial charge in [-0.15, -0.1) is 0 Å². The zero-order valence-electron chi connectivity index (χ0n) is 12.2. The molecule has 4 nitrogen and oxygen atoms in total. The van der Waals surface area contributed by atoms with Crippen molar-refractivity contribution in [2.45, 2.75) is 46.1 Å². The first-order valence-corrected chi connectivity index (χ1v) is 6.95. The van der Waals surface area contributed by atoms with Crippen LogP contribution in [0.2, 0.25) is 0 Å². The van der Waals surface area contributed by atoms with E-state index in [-0.39, 0.29) is 11.4 Å². The van der Waals surface area contributed by atoms with E-state index < -0.39 is 0 Å². The van der Waals surface area contributed by atoms with Gasteiger partial charge in [-0.2, -0.15) is 0 Å². The molecule has 0 aromatic rings. The minimum Gasteiger partial charge on any atom is -0.377 e. The van der Waals surface area contributed by atoms with Gasteiger partial charge in [-0.3, -0.25) is 4.79 Å². The Morgan fingerprint density at radius 3 is 2.61 bits per heavy atom. The summed E-state index contributed by atoms with van der Waals surface area (Å²) < 4.78 is 5.44. The summed E-state index contributed by atoms with van der Waals surface area (Å²) in [6, 6.07) is 0. The molecule has 1 aliphatic rings. The lowest BCUT2D eigenvalue weighted by Gasteiger charge is -2.42. The van der Waals surface area contributed by atoms with E-state index in [4.69, 9.17) is 10.5 Å². The van der Waals surface area contributed by atoms with Crippen LogP contribution in [0.25, 0.3) is 0 Å². The second-order valence-electron chi connectivity index (χ2n) is 6.35. The molecule has 4 heteroatoms. The fourth-order valence-corrected chi connectivity index (χ4v) is 2.61. The molecule has 1 fully saturated rings. The molecule has 0 bridgehead atoms. The Balaban J connectivity index is 2.57. The minimum absolute atomic E-state index is 0.188. The molecule has 0 aromatic carbocycles. The first-order chi connectivity index (χ1) is 8.36. The molecule has 1 aliphatic heterocycles. The molecule has 18 heavy (non-hydrogen) atoms. The van der Waals surface area contributed by atoms with Crippen molar-refractivity contribution in [2.24, 2.45) is 17.6 Å². The summed E-state index contributed by atoms with van der Waals surface area (Å²) in [4.78, 5) is 14.3. The van der Waals surface area contributed by atoms with Crippen LogP contribution in [0.4, 0.5) is 0 Å². The molecule has 0 aromatic heterocycles. The van der Waals surface area contributed by atoms with Crippen molar-refractivity contribution in [3.8, 4) is 0 Å². The Kier molecular flexibility index (Phi) is 5.60. The highest BCUT2D eigenvalue weighted by atomic mass is 16.5. The average Bonchev–Trinajstić information content (AvgIpc) is 2.26. The molecule has 2 N–H and O–H groups in total.